The minimum Gasteiger partial charge on any atom is -0.504 e. The molecule has 2 aromatic carbocycles. The molecule has 6 atom stereocenters. The fraction of sp³-hybridized carbons (Fsp3) is 0.432. The lowest BCUT2D eigenvalue weighted by atomic mass is 9.71. The lowest BCUT2D eigenvalue weighted by molar-refractivity contribution is -0.132. The molecule has 0 aliphatic carbocycles. The van der Waals surface area contributed by atoms with E-state index in [2.05, 4.69) is 21.3 Å². The number of rotatable bonds is 7. The lowest BCUT2D eigenvalue weighted by Gasteiger charge is -2.61. The summed E-state index contributed by atoms with van der Waals surface area (Å²) in [6.07, 6.45) is 0.811. The number of phenols is 1. The first-order valence-corrected chi connectivity index (χ1v) is 18.5. The molecule has 1 fully saturated rings. The third kappa shape index (κ3) is 5.88. The number of nitrogens with one attached hydrogen (secondary N) is 1. The highest BCUT2D eigenvalue weighted by Gasteiger charge is 2.60. The molecule has 278 valence electrons. The lowest BCUT2D eigenvalue weighted by Crippen LogP contribution is -2.69. The number of fused-ring (bicyclic) bond motifs is 9. The number of esters is 1. The Labute approximate surface area is 315 Å². The zero-order valence-electron chi connectivity index (χ0n) is 29.9. The van der Waals surface area contributed by atoms with Crippen LogP contribution in [0.1, 0.15) is 74.9 Å². The van der Waals surface area contributed by atoms with E-state index in [0.717, 1.165) is 11.1 Å². The molecule has 0 saturated carbocycles. The van der Waals surface area contributed by atoms with Crippen molar-refractivity contribution >= 4 is 41.3 Å². The molecule has 1 saturated heterocycles. The number of aromatic nitrogens is 1. The Morgan fingerprint density at radius 1 is 1.19 bits per heavy atom. The highest BCUT2D eigenvalue weighted by molar-refractivity contribution is 7.99. The van der Waals surface area contributed by atoms with Gasteiger partial charge in [0.05, 0.1) is 36.1 Å². The number of halogens is 1. The number of likely N-dealkylation sites (N-methyl/N-ethyl adjacent to an activating group) is 1. The Balaban J connectivity index is 1.43. The van der Waals surface area contributed by atoms with Gasteiger partial charge in [-0.1, -0.05) is 24.6 Å². The van der Waals surface area contributed by atoms with Gasteiger partial charge in [-0.2, -0.15) is 17.0 Å². The van der Waals surface area contributed by atoms with Crippen LogP contribution in [0.4, 0.5) is 4.79 Å². The van der Waals surface area contributed by atoms with Gasteiger partial charge in [-0.3, -0.25) is 24.7 Å². The first-order chi connectivity index (χ1) is 25.4. The van der Waals surface area contributed by atoms with Crippen molar-refractivity contribution in [3.63, 3.8) is 0 Å². The molecule has 0 unspecified atom stereocenters. The van der Waals surface area contributed by atoms with Crippen molar-refractivity contribution in [1.82, 2.24) is 20.1 Å². The van der Waals surface area contributed by atoms with Gasteiger partial charge in [0, 0.05) is 47.5 Å². The van der Waals surface area contributed by atoms with Crippen molar-refractivity contribution in [3.8, 4) is 34.8 Å². The number of methoxy groups -OCH3 is 1. The number of carbonyl (C=O) groups is 3. The van der Waals surface area contributed by atoms with E-state index in [1.807, 2.05) is 31.9 Å². The number of benzene rings is 2. The molecule has 5 heterocycles. The zero-order valence-corrected chi connectivity index (χ0v) is 31.5. The van der Waals surface area contributed by atoms with Crippen LogP contribution in [0.15, 0.2) is 24.4 Å². The van der Waals surface area contributed by atoms with Gasteiger partial charge in [-0.15, -0.1) is 0 Å². The molecule has 1 aromatic heterocycles. The summed E-state index contributed by atoms with van der Waals surface area (Å²) in [7, 11) is 3.46. The topological polar surface area (TPSA) is 173 Å². The number of aryl methyl sites for hydroxylation is 1. The van der Waals surface area contributed by atoms with E-state index < -0.39 is 47.4 Å². The maximum absolute atomic E-state index is 13.3. The van der Waals surface area contributed by atoms with E-state index in [0.29, 0.717) is 57.4 Å². The van der Waals surface area contributed by atoms with Crippen molar-refractivity contribution in [3.05, 3.63) is 68.5 Å². The standard InChI is InChI=1S/C37H38ClN5O9S/c1-7-53-34-26-25(33-32(50-15-51-33)17(3)31(26)52-18(4)44)23(14-49-37(47)41-36(46)20-9-8-10-40-35(20)38)43-22(13-39)21-12-19-11-16(2)30(48-6)29(45)24(19)27(28(34)43)42(21)5/h8-11,21-23,27-28,34,45H,7,12,14-15H2,1-6H3,(H,41,46,47)/t21-,22-,23-,27-,28+,34+/m0/s1. The number of phenolic OH excluding ortho intramolecular Hbond substituents is 1. The second kappa shape index (κ2) is 14.2. The van der Waals surface area contributed by atoms with Crippen LogP contribution in [0.2, 0.25) is 5.15 Å². The summed E-state index contributed by atoms with van der Waals surface area (Å²) in [5.41, 5.74) is 4.07. The molecule has 4 aliphatic rings. The largest absolute Gasteiger partial charge is 0.504 e. The second-order valence-electron chi connectivity index (χ2n) is 13.3. The molecule has 16 heteroatoms. The normalized spacial score (nSPS) is 23.9. The number of nitrogens with zero attached hydrogens (tertiary/aromatic N) is 4. The van der Waals surface area contributed by atoms with Crippen LogP contribution in [-0.4, -0.2) is 89.3 Å². The van der Waals surface area contributed by atoms with Crippen LogP contribution in [0.3, 0.4) is 0 Å². The van der Waals surface area contributed by atoms with Crippen LogP contribution in [0, 0.1) is 25.2 Å². The highest BCUT2D eigenvalue weighted by atomic mass is 35.5. The number of nitriles is 1. The number of hydrogen-bond donors (Lipinski definition) is 2. The molecule has 7 rings (SSSR count). The number of ether oxygens (including phenoxy) is 5. The predicted octanol–water partition coefficient (Wildman–Crippen LogP) is 5.31. The number of alkyl carbamates (subject to hydrolysis) is 1. The van der Waals surface area contributed by atoms with Gasteiger partial charge in [-0.25, -0.2) is 9.78 Å². The average molecular weight is 764 g/mol. The van der Waals surface area contributed by atoms with Crippen LogP contribution in [0.5, 0.6) is 28.7 Å². The molecular weight excluding hydrogens is 726 g/mol. The summed E-state index contributed by atoms with van der Waals surface area (Å²) in [5.74, 6) is 0.711. The van der Waals surface area contributed by atoms with E-state index in [1.165, 1.54) is 32.4 Å². The van der Waals surface area contributed by atoms with Crippen molar-refractivity contribution in [1.29, 1.82) is 5.26 Å². The minimum absolute atomic E-state index is 0.0148. The highest BCUT2D eigenvalue weighted by Crippen LogP contribution is 2.63. The first kappa shape index (κ1) is 36.6. The van der Waals surface area contributed by atoms with Gasteiger partial charge in [-0.05, 0) is 56.3 Å². The van der Waals surface area contributed by atoms with Gasteiger partial charge in [0.2, 0.25) is 6.79 Å². The van der Waals surface area contributed by atoms with E-state index >= 15 is 0 Å². The number of amides is 2. The van der Waals surface area contributed by atoms with E-state index in [-0.39, 0.29) is 35.9 Å². The molecule has 4 aliphatic heterocycles. The second-order valence-corrected chi connectivity index (χ2v) is 15.0. The number of hydrogen-bond acceptors (Lipinski definition) is 14. The van der Waals surface area contributed by atoms with Gasteiger partial charge in [0.25, 0.3) is 5.91 Å². The summed E-state index contributed by atoms with van der Waals surface area (Å²) in [4.78, 5) is 47.1. The molecule has 2 amide bonds. The first-order valence-electron chi connectivity index (χ1n) is 17.1. The monoisotopic (exact) mass is 763 g/mol. The Kier molecular flexibility index (Phi) is 9.83. The quantitative estimate of drug-likeness (QED) is 0.180. The van der Waals surface area contributed by atoms with Crippen LogP contribution in [0.25, 0.3) is 0 Å². The molecular formula is C37H38ClN5O9S. The van der Waals surface area contributed by atoms with Crippen molar-refractivity contribution in [2.45, 2.75) is 69.6 Å². The summed E-state index contributed by atoms with van der Waals surface area (Å²) in [5, 5.41) is 24.6. The maximum atomic E-state index is 13.3. The van der Waals surface area contributed by atoms with Crippen molar-refractivity contribution in [2.24, 2.45) is 0 Å². The number of imide groups is 1. The molecule has 0 radical (unpaired) electrons. The summed E-state index contributed by atoms with van der Waals surface area (Å²) in [6, 6.07) is 4.50. The van der Waals surface area contributed by atoms with Crippen LogP contribution >= 0.6 is 23.4 Å². The number of piperazine rings is 1. The summed E-state index contributed by atoms with van der Waals surface area (Å²) >= 11 is 7.70. The Morgan fingerprint density at radius 2 is 1.94 bits per heavy atom. The molecule has 0 spiro atoms. The Bertz CT molecular complexity index is 2080. The molecule has 3 aromatic rings. The zero-order chi connectivity index (χ0) is 37.9. The molecule has 14 nitrogen and oxygen atoms in total. The van der Waals surface area contributed by atoms with Gasteiger partial charge >= 0.3 is 12.1 Å². The Morgan fingerprint density at radius 3 is 2.62 bits per heavy atom. The maximum Gasteiger partial charge on any atom is 0.414 e. The SMILES string of the molecule is CCS[C@@H]1c2c(OC(C)=O)c(C)c3c(c2[C@H](COC(=O)NC(=O)c2cccnc2Cl)N2[C@@H]1[C@@H]1c4c(cc(C)c(OC)c4O)C[C@@H]([C@@H]2C#N)N1C)OCO3. The van der Waals surface area contributed by atoms with E-state index in [9.17, 15) is 24.8 Å². The fourth-order valence-electron chi connectivity index (χ4n) is 8.52. The van der Waals surface area contributed by atoms with Gasteiger partial charge < -0.3 is 28.8 Å². The number of pyridine rings is 1. The molecule has 2 N–H and O–H groups in total. The predicted molar refractivity (Wildman–Crippen MR) is 193 cm³/mol. The number of carbonyl (C=O) groups excluding carboxylic acids is 3. The van der Waals surface area contributed by atoms with Crippen molar-refractivity contribution in [2.75, 3.05) is 33.3 Å². The average Bonchev–Trinajstić information content (AvgIpc) is 3.61. The number of thioether (sulfide) groups is 1. The minimum atomic E-state index is -1.05. The summed E-state index contributed by atoms with van der Waals surface area (Å²) in [6.45, 7) is 6.54. The summed E-state index contributed by atoms with van der Waals surface area (Å²) < 4.78 is 29.6. The van der Waals surface area contributed by atoms with Gasteiger partial charge in [0.15, 0.2) is 23.0 Å². The third-order valence-electron chi connectivity index (χ3n) is 10.5. The Hall–Kier alpha value is -4.75. The van der Waals surface area contributed by atoms with Crippen LogP contribution < -0.4 is 24.3 Å². The van der Waals surface area contributed by atoms with Crippen molar-refractivity contribution < 1.29 is 43.2 Å². The van der Waals surface area contributed by atoms with E-state index in [1.54, 1.807) is 18.7 Å². The third-order valence-corrected chi connectivity index (χ3v) is 12.0. The van der Waals surface area contributed by atoms with E-state index in [4.69, 9.17) is 35.3 Å². The number of aromatic hydroxyl groups is 1. The molecule has 2 bridgehead atoms. The fourth-order valence-corrected chi connectivity index (χ4v) is 9.97. The van der Waals surface area contributed by atoms with Gasteiger partial charge in [0.1, 0.15) is 23.6 Å². The molecule has 53 heavy (non-hydrogen) atoms. The van der Waals surface area contributed by atoms with Crippen LogP contribution in [-0.2, 0) is 16.0 Å². The smallest absolute Gasteiger partial charge is 0.414 e.